The van der Waals surface area contributed by atoms with Crippen molar-refractivity contribution in [3.8, 4) is 0 Å². The number of hydrogen-bond donors (Lipinski definition) is 0. The SMILES string of the molecule is O=C(CCN1CCN(C(=O)c2ccco2)CC1)N1CCOCC1. The molecule has 7 nitrogen and oxygen atoms in total. The molecule has 0 radical (unpaired) electrons. The maximum absolute atomic E-state index is 12.2. The highest BCUT2D eigenvalue weighted by Crippen LogP contribution is 2.10. The minimum absolute atomic E-state index is 0.0564. The summed E-state index contributed by atoms with van der Waals surface area (Å²) in [6, 6.07) is 3.41. The molecule has 0 bridgehead atoms. The van der Waals surface area contributed by atoms with Gasteiger partial charge in [-0.05, 0) is 12.1 Å². The molecule has 0 aromatic carbocycles. The van der Waals surface area contributed by atoms with E-state index in [-0.39, 0.29) is 11.8 Å². The molecular formula is C16H23N3O4. The Bertz CT molecular complexity index is 517. The van der Waals surface area contributed by atoms with Gasteiger partial charge in [0, 0.05) is 52.2 Å². The summed E-state index contributed by atoms with van der Waals surface area (Å²) in [5.41, 5.74) is 0. The quantitative estimate of drug-likeness (QED) is 0.797. The Balaban J connectivity index is 1.39. The van der Waals surface area contributed by atoms with E-state index in [9.17, 15) is 9.59 Å². The minimum atomic E-state index is -0.0564. The van der Waals surface area contributed by atoms with Crippen LogP contribution in [0.4, 0.5) is 0 Å². The third-order valence-corrected chi connectivity index (χ3v) is 4.40. The van der Waals surface area contributed by atoms with Gasteiger partial charge in [0.15, 0.2) is 5.76 Å². The lowest BCUT2D eigenvalue weighted by molar-refractivity contribution is -0.135. The third kappa shape index (κ3) is 4.11. The Hall–Kier alpha value is -1.86. The number of nitrogens with zero attached hydrogens (tertiary/aromatic N) is 3. The largest absolute Gasteiger partial charge is 0.459 e. The van der Waals surface area contributed by atoms with Crippen LogP contribution in [0, 0.1) is 0 Å². The number of amides is 2. The van der Waals surface area contributed by atoms with E-state index in [1.54, 1.807) is 17.0 Å². The summed E-state index contributed by atoms with van der Waals surface area (Å²) in [4.78, 5) is 30.2. The van der Waals surface area contributed by atoms with E-state index in [0.29, 0.717) is 51.6 Å². The highest BCUT2D eigenvalue weighted by atomic mass is 16.5. The van der Waals surface area contributed by atoms with E-state index in [4.69, 9.17) is 9.15 Å². The second kappa shape index (κ2) is 7.61. The molecule has 2 aliphatic heterocycles. The molecule has 3 heterocycles. The Labute approximate surface area is 135 Å². The number of piperazine rings is 1. The standard InChI is InChI=1S/C16H23N3O4/c20-15(18-9-12-22-13-10-18)3-4-17-5-7-19(8-6-17)16(21)14-2-1-11-23-14/h1-2,11H,3-10,12-13H2. The highest BCUT2D eigenvalue weighted by molar-refractivity contribution is 5.91. The summed E-state index contributed by atoms with van der Waals surface area (Å²) >= 11 is 0. The van der Waals surface area contributed by atoms with Gasteiger partial charge in [-0.2, -0.15) is 0 Å². The highest BCUT2D eigenvalue weighted by Gasteiger charge is 2.24. The van der Waals surface area contributed by atoms with Crippen molar-refractivity contribution >= 4 is 11.8 Å². The molecule has 3 rings (SSSR count). The number of ether oxygens (including phenoxy) is 1. The topological polar surface area (TPSA) is 66.2 Å². The van der Waals surface area contributed by atoms with Gasteiger partial charge in [-0.1, -0.05) is 0 Å². The van der Waals surface area contributed by atoms with Gasteiger partial charge >= 0.3 is 0 Å². The first-order valence-corrected chi connectivity index (χ1v) is 8.15. The van der Waals surface area contributed by atoms with Gasteiger partial charge in [0.2, 0.25) is 5.91 Å². The lowest BCUT2D eigenvalue weighted by Gasteiger charge is -2.34. The molecule has 126 valence electrons. The van der Waals surface area contributed by atoms with E-state index in [1.807, 2.05) is 4.90 Å². The van der Waals surface area contributed by atoms with Crippen LogP contribution in [0.3, 0.4) is 0 Å². The van der Waals surface area contributed by atoms with Crippen molar-refractivity contribution in [3.05, 3.63) is 24.2 Å². The fourth-order valence-electron chi connectivity index (χ4n) is 2.96. The van der Waals surface area contributed by atoms with Crippen LogP contribution < -0.4 is 0 Å². The summed E-state index contributed by atoms with van der Waals surface area (Å²) in [7, 11) is 0. The molecule has 1 aromatic rings. The van der Waals surface area contributed by atoms with Gasteiger partial charge in [0.05, 0.1) is 19.5 Å². The van der Waals surface area contributed by atoms with Crippen molar-refractivity contribution in [1.82, 2.24) is 14.7 Å². The first-order valence-electron chi connectivity index (χ1n) is 8.15. The van der Waals surface area contributed by atoms with E-state index < -0.39 is 0 Å². The number of furan rings is 1. The van der Waals surface area contributed by atoms with Gasteiger partial charge in [-0.3, -0.25) is 14.5 Å². The van der Waals surface area contributed by atoms with Crippen LogP contribution in [0.25, 0.3) is 0 Å². The molecule has 0 unspecified atom stereocenters. The van der Waals surface area contributed by atoms with Gasteiger partial charge < -0.3 is 19.0 Å². The smallest absolute Gasteiger partial charge is 0.289 e. The average molecular weight is 321 g/mol. The normalized spacial score (nSPS) is 19.8. The predicted octanol–water partition coefficient (Wildman–Crippen LogP) is 0.286. The van der Waals surface area contributed by atoms with Crippen LogP contribution >= 0.6 is 0 Å². The zero-order valence-corrected chi connectivity index (χ0v) is 13.3. The molecule has 2 fully saturated rings. The predicted molar refractivity (Wildman–Crippen MR) is 83.1 cm³/mol. The molecule has 23 heavy (non-hydrogen) atoms. The Morgan fingerprint density at radius 2 is 1.74 bits per heavy atom. The minimum Gasteiger partial charge on any atom is -0.459 e. The number of carbonyl (C=O) groups is 2. The zero-order valence-electron chi connectivity index (χ0n) is 13.3. The van der Waals surface area contributed by atoms with Crippen molar-refractivity contribution in [2.24, 2.45) is 0 Å². The van der Waals surface area contributed by atoms with Gasteiger partial charge in [-0.25, -0.2) is 0 Å². The van der Waals surface area contributed by atoms with Gasteiger partial charge in [-0.15, -0.1) is 0 Å². The Kier molecular flexibility index (Phi) is 5.30. The summed E-state index contributed by atoms with van der Waals surface area (Å²) in [6.45, 7) is 6.36. The van der Waals surface area contributed by atoms with E-state index in [2.05, 4.69) is 4.90 Å². The molecule has 1 aromatic heterocycles. The molecule has 0 aliphatic carbocycles. The van der Waals surface area contributed by atoms with Crippen molar-refractivity contribution in [3.63, 3.8) is 0 Å². The van der Waals surface area contributed by atoms with Gasteiger partial charge in [0.25, 0.3) is 5.91 Å². The molecule has 2 amide bonds. The first-order chi connectivity index (χ1) is 11.2. The van der Waals surface area contributed by atoms with Crippen LogP contribution in [-0.2, 0) is 9.53 Å². The molecule has 0 atom stereocenters. The van der Waals surface area contributed by atoms with E-state index >= 15 is 0 Å². The van der Waals surface area contributed by atoms with E-state index in [0.717, 1.165) is 19.6 Å². The molecule has 0 spiro atoms. The lowest BCUT2D eigenvalue weighted by atomic mass is 10.2. The maximum Gasteiger partial charge on any atom is 0.289 e. The summed E-state index contributed by atoms with van der Waals surface area (Å²) < 4.78 is 10.4. The molecule has 2 saturated heterocycles. The number of rotatable bonds is 4. The first kappa shape index (κ1) is 16.0. The monoisotopic (exact) mass is 321 g/mol. The van der Waals surface area contributed by atoms with Gasteiger partial charge in [0.1, 0.15) is 0 Å². The van der Waals surface area contributed by atoms with Crippen LogP contribution in [0.5, 0.6) is 0 Å². The van der Waals surface area contributed by atoms with Crippen molar-refractivity contribution in [1.29, 1.82) is 0 Å². The Morgan fingerprint density at radius 3 is 2.39 bits per heavy atom. The van der Waals surface area contributed by atoms with Crippen LogP contribution in [0.1, 0.15) is 17.0 Å². The van der Waals surface area contributed by atoms with E-state index in [1.165, 1.54) is 6.26 Å². The number of hydrogen-bond acceptors (Lipinski definition) is 5. The number of morpholine rings is 1. The molecule has 2 aliphatic rings. The Morgan fingerprint density at radius 1 is 1.00 bits per heavy atom. The van der Waals surface area contributed by atoms with Crippen molar-refractivity contribution in [2.75, 3.05) is 59.0 Å². The van der Waals surface area contributed by atoms with Crippen molar-refractivity contribution in [2.45, 2.75) is 6.42 Å². The summed E-state index contributed by atoms with van der Waals surface area (Å²) in [5.74, 6) is 0.530. The molecular weight excluding hydrogens is 298 g/mol. The third-order valence-electron chi connectivity index (χ3n) is 4.40. The summed E-state index contributed by atoms with van der Waals surface area (Å²) in [6.07, 6.45) is 2.05. The van der Waals surface area contributed by atoms with Crippen LogP contribution in [0.2, 0.25) is 0 Å². The second-order valence-electron chi connectivity index (χ2n) is 5.85. The van der Waals surface area contributed by atoms with Crippen LogP contribution in [-0.4, -0.2) is 85.5 Å². The molecule has 7 heteroatoms. The van der Waals surface area contributed by atoms with Crippen molar-refractivity contribution < 1.29 is 18.7 Å². The fourth-order valence-corrected chi connectivity index (χ4v) is 2.96. The lowest BCUT2D eigenvalue weighted by Crippen LogP contribution is -2.49. The zero-order chi connectivity index (χ0) is 16.1. The number of carbonyl (C=O) groups excluding carboxylic acids is 2. The van der Waals surface area contributed by atoms with Crippen LogP contribution in [0.15, 0.2) is 22.8 Å². The maximum atomic E-state index is 12.2. The fraction of sp³-hybridized carbons (Fsp3) is 0.625. The summed E-state index contributed by atoms with van der Waals surface area (Å²) in [5, 5.41) is 0. The average Bonchev–Trinajstić information content (AvgIpc) is 3.15. The molecule has 0 saturated carbocycles. The molecule has 0 N–H and O–H groups in total. The second-order valence-corrected chi connectivity index (χ2v) is 5.85.